The largest absolute Gasteiger partial charge is 0.224 e. The number of hydrogen-bond acceptors (Lipinski definition) is 0. The van der Waals surface area contributed by atoms with Gasteiger partial charge in [0, 0.05) is 0 Å². The summed E-state index contributed by atoms with van der Waals surface area (Å²) in [5.74, 6) is 8.01. The highest BCUT2D eigenvalue weighted by Gasteiger charge is 2.61. The summed E-state index contributed by atoms with van der Waals surface area (Å²) < 4.78 is 0.936. The van der Waals surface area contributed by atoms with Crippen molar-refractivity contribution in [2.75, 3.05) is 0 Å². The fraction of sp³-hybridized carbons (Fsp3) is 1.00. The standard InChI is InChI=1S/C20H34BI/c1-11-15-7-13(19(15,3)4)9-17(11)21(22)18-10-14-8-16(12(18)2)20(14,5)6/h11-18H,7-10H2,1-6H3/t11-,12-,13+,14+,15-,16-,17-,18-/m1/s1. The van der Waals surface area contributed by atoms with Gasteiger partial charge in [0.2, 0.25) is 4.57 Å². The first-order valence-corrected chi connectivity index (χ1v) is 11.0. The van der Waals surface area contributed by atoms with E-state index in [2.05, 4.69) is 63.9 Å². The van der Waals surface area contributed by atoms with Gasteiger partial charge in [0.15, 0.2) is 0 Å². The van der Waals surface area contributed by atoms with Gasteiger partial charge in [-0.1, -0.05) is 54.4 Å². The Balaban J connectivity index is 1.49. The Morgan fingerprint density at radius 3 is 1.36 bits per heavy atom. The number of halogens is 1. The van der Waals surface area contributed by atoms with Crippen LogP contribution in [0.15, 0.2) is 0 Å². The van der Waals surface area contributed by atoms with E-state index >= 15 is 0 Å². The Kier molecular flexibility index (Phi) is 3.63. The van der Waals surface area contributed by atoms with E-state index in [0.29, 0.717) is 10.8 Å². The number of hydrogen-bond donors (Lipinski definition) is 0. The molecule has 0 unspecified atom stereocenters. The summed E-state index contributed by atoms with van der Waals surface area (Å²) in [6.45, 7) is 15.4. The lowest BCUT2D eigenvalue weighted by Gasteiger charge is -2.65. The van der Waals surface area contributed by atoms with Crippen molar-refractivity contribution in [1.82, 2.24) is 0 Å². The zero-order valence-corrected chi connectivity index (χ0v) is 17.6. The fourth-order valence-electron chi connectivity index (χ4n) is 7.54. The molecule has 8 atom stereocenters. The van der Waals surface area contributed by atoms with Crippen LogP contribution in [0.2, 0.25) is 11.6 Å². The smallest absolute Gasteiger partial charge is 0.149 e. The van der Waals surface area contributed by atoms with Crippen LogP contribution in [0.25, 0.3) is 0 Å². The lowest BCUT2D eigenvalue weighted by Crippen LogP contribution is -2.58. The van der Waals surface area contributed by atoms with Crippen LogP contribution in [0.3, 0.4) is 0 Å². The minimum atomic E-state index is 0.647. The second-order valence-corrected chi connectivity index (χ2v) is 12.1. The topological polar surface area (TPSA) is 0 Å². The zero-order valence-electron chi connectivity index (χ0n) is 15.4. The van der Waals surface area contributed by atoms with Crippen molar-refractivity contribution in [3.05, 3.63) is 0 Å². The van der Waals surface area contributed by atoms with E-state index in [4.69, 9.17) is 0 Å². The molecule has 0 aromatic heterocycles. The Bertz CT molecular complexity index is 428. The van der Waals surface area contributed by atoms with Gasteiger partial charge in [-0.2, -0.15) is 0 Å². The summed E-state index contributed by atoms with van der Waals surface area (Å²) >= 11 is 2.90. The predicted octanol–water partition coefficient (Wildman–Crippen LogP) is 6.56. The molecule has 6 aliphatic rings. The van der Waals surface area contributed by atoms with E-state index in [1.807, 2.05) is 0 Å². The second kappa shape index (κ2) is 4.91. The van der Waals surface area contributed by atoms with E-state index in [0.717, 1.165) is 51.7 Å². The van der Waals surface area contributed by atoms with Gasteiger partial charge in [0.1, 0.15) is 0 Å². The van der Waals surface area contributed by atoms with Gasteiger partial charge in [-0.3, -0.25) is 0 Å². The van der Waals surface area contributed by atoms with E-state index in [1.165, 1.54) is 25.7 Å². The minimum Gasteiger partial charge on any atom is -0.149 e. The molecule has 0 aromatic rings. The van der Waals surface area contributed by atoms with E-state index in [9.17, 15) is 0 Å². The molecule has 22 heavy (non-hydrogen) atoms. The van der Waals surface area contributed by atoms with Gasteiger partial charge in [0.05, 0.1) is 0 Å². The lowest BCUT2D eigenvalue weighted by molar-refractivity contribution is -0.106. The molecular formula is C20H34BI. The third-order valence-corrected chi connectivity index (χ3v) is 11.5. The fourth-order valence-corrected chi connectivity index (χ4v) is 9.43. The second-order valence-electron chi connectivity index (χ2n) is 10.7. The highest BCUT2D eigenvalue weighted by Crippen LogP contribution is 2.70. The van der Waals surface area contributed by atoms with Crippen LogP contribution in [-0.4, -0.2) is 4.57 Å². The molecule has 0 radical (unpaired) electrons. The van der Waals surface area contributed by atoms with Crippen molar-refractivity contribution in [2.45, 2.75) is 78.9 Å². The van der Waals surface area contributed by atoms with Crippen LogP contribution in [-0.2, 0) is 0 Å². The summed E-state index contributed by atoms with van der Waals surface area (Å²) in [7, 11) is 0. The monoisotopic (exact) mass is 412 g/mol. The maximum absolute atomic E-state index is 2.90. The SMILES string of the molecule is C[C@@H]1[C@H]2C[C@@H](C[C@H]1B(I)[C@@H]1C[C@@H]3C[C@H]([C@H]1C)C3(C)C)C2(C)C. The third-order valence-electron chi connectivity index (χ3n) is 9.64. The first-order chi connectivity index (χ1) is 10.2. The molecule has 4 bridgehead atoms. The van der Waals surface area contributed by atoms with Crippen molar-refractivity contribution in [2.24, 2.45) is 46.3 Å². The molecular weight excluding hydrogens is 378 g/mol. The highest BCUT2D eigenvalue weighted by atomic mass is 127. The molecule has 0 amide bonds. The maximum atomic E-state index is 2.90. The summed E-state index contributed by atoms with van der Waals surface area (Å²) in [5, 5.41) is 0. The highest BCUT2D eigenvalue weighted by molar-refractivity contribution is 14.1. The number of fused-ring (bicyclic) bond motifs is 4. The Labute approximate surface area is 151 Å². The summed E-state index contributed by atoms with van der Waals surface area (Å²) in [5.41, 5.74) is 1.29. The molecule has 124 valence electrons. The maximum Gasteiger partial charge on any atom is 0.224 e. The van der Waals surface area contributed by atoms with Crippen LogP contribution in [0, 0.1) is 46.3 Å². The van der Waals surface area contributed by atoms with Crippen molar-refractivity contribution in [3.8, 4) is 0 Å². The van der Waals surface area contributed by atoms with Crippen molar-refractivity contribution >= 4 is 26.9 Å². The van der Waals surface area contributed by atoms with Crippen molar-refractivity contribution in [3.63, 3.8) is 0 Å². The molecule has 6 rings (SSSR count). The van der Waals surface area contributed by atoms with Crippen LogP contribution in [0.5, 0.6) is 0 Å². The van der Waals surface area contributed by atoms with E-state index in [-0.39, 0.29) is 0 Å². The molecule has 0 saturated heterocycles. The predicted molar refractivity (Wildman–Crippen MR) is 106 cm³/mol. The molecule has 6 fully saturated rings. The zero-order chi connectivity index (χ0) is 16.0. The van der Waals surface area contributed by atoms with Crippen molar-refractivity contribution < 1.29 is 0 Å². The molecule has 0 spiro atoms. The molecule has 2 heteroatoms. The van der Waals surface area contributed by atoms with Gasteiger partial charge in [-0.15, -0.1) is 22.4 Å². The van der Waals surface area contributed by atoms with Crippen LogP contribution >= 0.6 is 22.4 Å². The molecule has 0 N–H and O–H groups in total. The van der Waals surface area contributed by atoms with Crippen molar-refractivity contribution in [1.29, 1.82) is 0 Å². The molecule has 6 aliphatic carbocycles. The van der Waals surface area contributed by atoms with Gasteiger partial charge < -0.3 is 0 Å². The molecule has 0 aromatic carbocycles. The summed E-state index contributed by atoms with van der Waals surface area (Å²) in [6.07, 6.45) is 6.12. The van der Waals surface area contributed by atoms with E-state index in [1.54, 1.807) is 0 Å². The molecule has 6 saturated carbocycles. The lowest BCUT2D eigenvalue weighted by atomic mass is 9.31. The molecule has 0 nitrogen and oxygen atoms in total. The first kappa shape index (κ1) is 16.3. The average Bonchev–Trinajstić information content (AvgIpc) is 2.45. The van der Waals surface area contributed by atoms with Crippen LogP contribution in [0.1, 0.15) is 67.2 Å². The summed E-state index contributed by atoms with van der Waals surface area (Å²) in [4.78, 5) is 0. The Morgan fingerprint density at radius 1 is 0.727 bits per heavy atom. The normalized spacial score (nSPS) is 54.1. The Hall–Kier alpha value is 0.795. The summed E-state index contributed by atoms with van der Waals surface area (Å²) in [6, 6.07) is 0. The Morgan fingerprint density at radius 2 is 1.09 bits per heavy atom. The average molecular weight is 412 g/mol. The third kappa shape index (κ3) is 1.94. The molecule has 0 aliphatic heterocycles. The van der Waals surface area contributed by atoms with Crippen LogP contribution < -0.4 is 0 Å². The quantitative estimate of drug-likeness (QED) is 0.356. The molecule has 0 heterocycles. The van der Waals surface area contributed by atoms with Gasteiger partial charge in [-0.25, -0.2) is 0 Å². The van der Waals surface area contributed by atoms with Crippen LogP contribution in [0.4, 0.5) is 0 Å². The number of rotatable bonds is 2. The van der Waals surface area contributed by atoms with E-state index < -0.39 is 0 Å². The first-order valence-electron chi connectivity index (χ1n) is 9.79. The minimum absolute atomic E-state index is 0.647. The van der Waals surface area contributed by atoms with Gasteiger partial charge >= 0.3 is 0 Å². The van der Waals surface area contributed by atoms with Gasteiger partial charge in [-0.05, 0) is 70.8 Å². The van der Waals surface area contributed by atoms with Gasteiger partial charge in [0.25, 0.3) is 0 Å².